The summed E-state index contributed by atoms with van der Waals surface area (Å²) in [6, 6.07) is 1.91. The molecule has 4 rings (SSSR count). The number of hydrogen-bond acceptors (Lipinski definition) is 4. The Morgan fingerprint density at radius 3 is 2.52 bits per heavy atom. The van der Waals surface area contributed by atoms with Crippen molar-refractivity contribution in [2.45, 2.75) is 70.8 Å². The number of nitriles is 1. The summed E-state index contributed by atoms with van der Waals surface area (Å²) < 4.78 is 0. The summed E-state index contributed by atoms with van der Waals surface area (Å²) in [6.07, 6.45) is 7.33. The van der Waals surface area contributed by atoms with E-state index in [2.05, 4.69) is 13.8 Å². The van der Waals surface area contributed by atoms with Crippen LogP contribution in [-0.4, -0.2) is 27.6 Å². The zero-order chi connectivity index (χ0) is 19.6. The third kappa shape index (κ3) is 2.26. The van der Waals surface area contributed by atoms with E-state index in [4.69, 9.17) is 0 Å². The molecule has 0 spiro atoms. The summed E-state index contributed by atoms with van der Waals surface area (Å²) >= 11 is 0. The Hall–Kier alpha value is -1.93. The van der Waals surface area contributed by atoms with Crippen LogP contribution in [0.5, 0.6) is 0 Å². The van der Waals surface area contributed by atoms with Gasteiger partial charge in [-0.05, 0) is 73.8 Å². The van der Waals surface area contributed by atoms with Gasteiger partial charge in [0.05, 0.1) is 5.60 Å². The molecule has 3 fully saturated rings. The number of ketones is 1. The summed E-state index contributed by atoms with van der Waals surface area (Å²) in [4.78, 5) is 23.5. The third-order valence-corrected chi connectivity index (χ3v) is 8.56. The molecule has 4 aliphatic carbocycles. The van der Waals surface area contributed by atoms with E-state index in [1.165, 1.54) is 0 Å². The lowest BCUT2D eigenvalue weighted by Crippen LogP contribution is -2.62. The number of carboxylic acid groups (broad SMARTS) is 1. The van der Waals surface area contributed by atoms with Crippen LogP contribution in [0.25, 0.3) is 0 Å². The number of nitrogens with zero attached hydrogens (tertiary/aromatic N) is 1. The van der Waals surface area contributed by atoms with E-state index in [-0.39, 0.29) is 34.0 Å². The minimum atomic E-state index is -1.14. The Labute approximate surface area is 159 Å². The molecule has 0 saturated heterocycles. The predicted molar refractivity (Wildman–Crippen MR) is 98.4 cm³/mol. The average molecular weight is 369 g/mol. The molecule has 3 saturated carbocycles. The van der Waals surface area contributed by atoms with Crippen LogP contribution in [0.2, 0.25) is 0 Å². The quantitative estimate of drug-likeness (QED) is 0.544. The smallest absolute Gasteiger partial charge is 0.346 e. The highest BCUT2D eigenvalue weighted by atomic mass is 16.4. The number of carbonyl (C=O) groups excluding carboxylic acids is 1. The number of rotatable bonds is 1. The number of hydrogen-bond donors (Lipinski definition) is 2. The van der Waals surface area contributed by atoms with Gasteiger partial charge in [0.2, 0.25) is 0 Å². The van der Waals surface area contributed by atoms with E-state index in [1.807, 2.05) is 6.07 Å². The first-order valence-corrected chi connectivity index (χ1v) is 10.0. The van der Waals surface area contributed by atoms with Crippen LogP contribution >= 0.6 is 0 Å². The summed E-state index contributed by atoms with van der Waals surface area (Å²) in [5.74, 6) is -0.707. The molecule has 5 atom stereocenters. The van der Waals surface area contributed by atoms with Crippen molar-refractivity contribution >= 4 is 11.8 Å². The highest BCUT2D eigenvalue weighted by Crippen LogP contribution is 2.68. The molecule has 0 bridgehead atoms. The van der Waals surface area contributed by atoms with E-state index in [1.54, 1.807) is 6.08 Å². The number of fused-ring (bicyclic) bond motifs is 5. The topological polar surface area (TPSA) is 98.4 Å². The van der Waals surface area contributed by atoms with E-state index >= 15 is 0 Å². The molecular formula is C22H27NO4. The van der Waals surface area contributed by atoms with Crippen molar-refractivity contribution in [3.05, 3.63) is 22.8 Å². The van der Waals surface area contributed by atoms with Gasteiger partial charge in [-0.3, -0.25) is 4.79 Å². The minimum absolute atomic E-state index is 0.0813. The molecule has 0 unspecified atom stereocenters. The molecule has 0 radical (unpaired) electrons. The third-order valence-electron chi connectivity index (χ3n) is 8.56. The maximum absolute atomic E-state index is 11.9. The Morgan fingerprint density at radius 1 is 1.15 bits per heavy atom. The van der Waals surface area contributed by atoms with Crippen LogP contribution in [0.4, 0.5) is 0 Å². The monoisotopic (exact) mass is 369 g/mol. The Bertz CT molecular complexity index is 834. The molecule has 0 amide bonds. The Balaban J connectivity index is 1.77. The van der Waals surface area contributed by atoms with Crippen LogP contribution < -0.4 is 0 Å². The summed E-state index contributed by atoms with van der Waals surface area (Å²) in [7, 11) is 0. The van der Waals surface area contributed by atoms with Gasteiger partial charge in [0.1, 0.15) is 11.6 Å². The second-order valence-electron chi connectivity index (χ2n) is 9.37. The van der Waals surface area contributed by atoms with Gasteiger partial charge in [-0.15, -0.1) is 0 Å². The first-order valence-electron chi connectivity index (χ1n) is 10.0. The Kier molecular flexibility index (Phi) is 3.95. The van der Waals surface area contributed by atoms with E-state index in [0.717, 1.165) is 30.4 Å². The molecule has 0 heterocycles. The van der Waals surface area contributed by atoms with Gasteiger partial charge in [-0.1, -0.05) is 19.4 Å². The predicted octanol–water partition coefficient (Wildman–Crippen LogP) is 3.54. The Morgan fingerprint density at radius 2 is 1.85 bits per heavy atom. The molecule has 5 heteroatoms. The zero-order valence-electron chi connectivity index (χ0n) is 16.0. The van der Waals surface area contributed by atoms with Gasteiger partial charge >= 0.3 is 5.97 Å². The van der Waals surface area contributed by atoms with E-state index in [0.29, 0.717) is 32.1 Å². The van der Waals surface area contributed by atoms with Gasteiger partial charge in [0.25, 0.3) is 0 Å². The van der Waals surface area contributed by atoms with Gasteiger partial charge in [-0.2, -0.15) is 5.26 Å². The maximum atomic E-state index is 11.9. The standard InChI is InChI=1S/C22H27NO4/c1-20-9-10-22(27)18(4-3-13-11-14(24)7-8-21(13,22)2)17(20)6-5-16(20)15(12-23)19(25)26/h11,17-18,27H,3-10H2,1-2H3,(H,25,26)/t17-,18-,20+,21-,22+/m0/s1. The molecule has 0 aromatic carbocycles. The van der Waals surface area contributed by atoms with Gasteiger partial charge in [0, 0.05) is 11.8 Å². The first kappa shape index (κ1) is 18.4. The molecule has 0 aliphatic heterocycles. The number of aliphatic hydroxyl groups is 1. The molecule has 27 heavy (non-hydrogen) atoms. The van der Waals surface area contributed by atoms with Crippen LogP contribution in [0.3, 0.4) is 0 Å². The average Bonchev–Trinajstić information content (AvgIpc) is 2.94. The van der Waals surface area contributed by atoms with Crippen molar-refractivity contribution in [1.29, 1.82) is 5.26 Å². The highest BCUT2D eigenvalue weighted by molar-refractivity contribution is 5.92. The molecule has 0 aromatic heterocycles. The molecule has 0 aromatic rings. The van der Waals surface area contributed by atoms with Crippen molar-refractivity contribution in [3.8, 4) is 6.07 Å². The van der Waals surface area contributed by atoms with E-state index in [9.17, 15) is 25.1 Å². The lowest BCUT2D eigenvalue weighted by molar-refractivity contribution is -0.183. The molecule has 4 aliphatic rings. The number of allylic oxidation sites excluding steroid dienone is 1. The fraction of sp³-hybridized carbons (Fsp3) is 0.682. The second-order valence-corrected chi connectivity index (χ2v) is 9.37. The van der Waals surface area contributed by atoms with Gasteiger partial charge < -0.3 is 10.2 Å². The lowest BCUT2D eigenvalue weighted by atomic mass is 9.45. The van der Waals surface area contributed by atoms with Crippen LogP contribution in [0.15, 0.2) is 22.8 Å². The maximum Gasteiger partial charge on any atom is 0.346 e. The van der Waals surface area contributed by atoms with Crippen molar-refractivity contribution in [2.24, 2.45) is 22.7 Å². The molecule has 144 valence electrons. The second kappa shape index (κ2) is 5.78. The summed E-state index contributed by atoms with van der Waals surface area (Å²) in [5.41, 5.74) is 0.211. The van der Waals surface area contributed by atoms with Crippen LogP contribution in [-0.2, 0) is 9.59 Å². The first-order chi connectivity index (χ1) is 12.7. The SMILES string of the molecule is C[C@]12CCC(=O)C=C1CC[C@H]1[C@@H]3CCC(=C(C#N)C(=O)O)[C@@]3(C)CC[C@@]12O. The zero-order valence-corrected chi connectivity index (χ0v) is 16.0. The molecular weight excluding hydrogens is 342 g/mol. The molecule has 5 nitrogen and oxygen atoms in total. The van der Waals surface area contributed by atoms with Crippen LogP contribution in [0, 0.1) is 34.0 Å². The molecule has 2 N–H and O–H groups in total. The minimum Gasteiger partial charge on any atom is -0.477 e. The lowest BCUT2D eigenvalue weighted by Gasteiger charge is -2.62. The van der Waals surface area contributed by atoms with Crippen molar-refractivity contribution in [1.82, 2.24) is 0 Å². The highest BCUT2D eigenvalue weighted by Gasteiger charge is 2.65. The van der Waals surface area contributed by atoms with Crippen molar-refractivity contribution < 1.29 is 19.8 Å². The van der Waals surface area contributed by atoms with Crippen LogP contribution in [0.1, 0.15) is 65.2 Å². The van der Waals surface area contributed by atoms with Crippen molar-refractivity contribution in [2.75, 3.05) is 0 Å². The fourth-order valence-corrected chi connectivity index (χ4v) is 6.97. The van der Waals surface area contributed by atoms with Crippen molar-refractivity contribution in [3.63, 3.8) is 0 Å². The number of carboxylic acids is 1. The summed E-state index contributed by atoms with van der Waals surface area (Å²) in [6.45, 7) is 4.21. The normalized spacial score (nSPS) is 45.1. The van der Waals surface area contributed by atoms with E-state index < -0.39 is 11.6 Å². The fourth-order valence-electron chi connectivity index (χ4n) is 6.97. The van der Waals surface area contributed by atoms with Gasteiger partial charge in [0.15, 0.2) is 5.78 Å². The number of aliphatic carboxylic acids is 1. The van der Waals surface area contributed by atoms with Gasteiger partial charge in [-0.25, -0.2) is 4.79 Å². The largest absolute Gasteiger partial charge is 0.477 e. The number of carbonyl (C=O) groups is 2. The summed E-state index contributed by atoms with van der Waals surface area (Å²) in [5, 5.41) is 30.8.